The highest BCUT2D eigenvalue weighted by Crippen LogP contribution is 2.42. The lowest BCUT2D eigenvalue weighted by molar-refractivity contribution is -0.134. The molecule has 0 unspecified atom stereocenters. The normalized spacial score (nSPS) is 9.63. The highest BCUT2D eigenvalue weighted by Gasteiger charge is 2.17. The summed E-state index contributed by atoms with van der Waals surface area (Å²) in [6.45, 7) is 6.99. The molecule has 0 heterocycles. The van der Waals surface area contributed by atoms with E-state index in [9.17, 15) is 5.11 Å². The van der Waals surface area contributed by atoms with E-state index in [0.717, 1.165) is 12.5 Å². The Labute approximate surface area is 113 Å². The third-order valence-corrected chi connectivity index (χ3v) is 2.53. The number of methoxy groups -OCH3 is 2. The molecule has 0 bridgehead atoms. The summed E-state index contributed by atoms with van der Waals surface area (Å²) in [5.41, 5.74) is 1.66. The third-order valence-electron chi connectivity index (χ3n) is 2.53. The smallest absolute Gasteiger partial charge is 0.300 e. The number of hydrogen-bond donors (Lipinski definition) is 2. The van der Waals surface area contributed by atoms with E-state index in [1.54, 1.807) is 21.1 Å². The van der Waals surface area contributed by atoms with Gasteiger partial charge in [0.25, 0.3) is 5.97 Å². The summed E-state index contributed by atoms with van der Waals surface area (Å²) in [6, 6.07) is 1.92. The van der Waals surface area contributed by atoms with Gasteiger partial charge < -0.3 is 19.7 Å². The highest BCUT2D eigenvalue weighted by atomic mass is 16.5. The summed E-state index contributed by atoms with van der Waals surface area (Å²) in [4.78, 5) is 9.00. The van der Waals surface area contributed by atoms with Gasteiger partial charge in [-0.05, 0) is 18.9 Å². The zero-order chi connectivity index (χ0) is 15.2. The SMILES string of the molecule is CC(=O)O.COc1cc(C(C)C)c(OC)c(O)c1C. The fourth-order valence-electron chi connectivity index (χ4n) is 1.59. The topological polar surface area (TPSA) is 76.0 Å². The third kappa shape index (κ3) is 4.69. The van der Waals surface area contributed by atoms with Gasteiger partial charge in [0, 0.05) is 18.1 Å². The second-order valence-electron chi connectivity index (χ2n) is 4.35. The fraction of sp³-hybridized carbons (Fsp3) is 0.500. The van der Waals surface area contributed by atoms with E-state index in [1.807, 2.05) is 19.9 Å². The largest absolute Gasteiger partial charge is 0.504 e. The molecule has 0 fully saturated rings. The Bertz CT molecular complexity index is 434. The lowest BCUT2D eigenvalue weighted by atomic mass is 9.99. The Morgan fingerprint density at radius 1 is 1.26 bits per heavy atom. The van der Waals surface area contributed by atoms with E-state index in [0.29, 0.717) is 17.1 Å². The molecule has 5 heteroatoms. The standard InChI is InChI=1S/C12H18O3.C2H4O2/c1-7(2)9-6-10(14-4)8(3)11(13)12(9)15-5;1-2(3)4/h6-7,13H,1-5H3;1H3,(H,3,4). The highest BCUT2D eigenvalue weighted by molar-refractivity contribution is 5.63. The van der Waals surface area contributed by atoms with Crippen molar-refractivity contribution in [3.63, 3.8) is 0 Å². The Morgan fingerprint density at radius 2 is 1.74 bits per heavy atom. The van der Waals surface area contributed by atoms with Crippen LogP contribution in [0.25, 0.3) is 0 Å². The molecule has 0 aliphatic rings. The molecular formula is C14H22O5. The van der Waals surface area contributed by atoms with Crippen molar-refractivity contribution in [2.75, 3.05) is 14.2 Å². The van der Waals surface area contributed by atoms with Crippen molar-refractivity contribution in [3.8, 4) is 17.2 Å². The predicted molar refractivity (Wildman–Crippen MR) is 73.3 cm³/mol. The number of aliphatic carboxylic acids is 1. The molecule has 5 nitrogen and oxygen atoms in total. The van der Waals surface area contributed by atoms with Crippen molar-refractivity contribution in [1.29, 1.82) is 0 Å². The van der Waals surface area contributed by atoms with Crippen molar-refractivity contribution in [2.24, 2.45) is 0 Å². The van der Waals surface area contributed by atoms with Crippen molar-refractivity contribution in [1.82, 2.24) is 0 Å². The first-order valence-electron chi connectivity index (χ1n) is 5.90. The Kier molecular flexibility index (Phi) is 6.75. The van der Waals surface area contributed by atoms with Crippen molar-refractivity contribution in [3.05, 3.63) is 17.2 Å². The van der Waals surface area contributed by atoms with Gasteiger partial charge in [0.05, 0.1) is 14.2 Å². The molecule has 1 aromatic carbocycles. The number of phenols is 1. The Morgan fingerprint density at radius 3 is 2.05 bits per heavy atom. The van der Waals surface area contributed by atoms with Crippen molar-refractivity contribution < 1.29 is 24.5 Å². The van der Waals surface area contributed by atoms with Crippen LogP contribution in [0.4, 0.5) is 0 Å². The van der Waals surface area contributed by atoms with Crippen molar-refractivity contribution >= 4 is 5.97 Å². The first-order chi connectivity index (χ1) is 8.76. The van der Waals surface area contributed by atoms with Gasteiger partial charge in [-0.2, -0.15) is 0 Å². The quantitative estimate of drug-likeness (QED) is 0.883. The average molecular weight is 270 g/mol. The zero-order valence-corrected chi connectivity index (χ0v) is 12.3. The molecule has 1 rings (SSSR count). The molecule has 0 aromatic heterocycles. The molecule has 0 saturated heterocycles. The Balaban J connectivity index is 0.000000711. The van der Waals surface area contributed by atoms with Gasteiger partial charge in [-0.15, -0.1) is 0 Å². The second-order valence-corrected chi connectivity index (χ2v) is 4.35. The lowest BCUT2D eigenvalue weighted by Crippen LogP contribution is -1.98. The fourth-order valence-corrected chi connectivity index (χ4v) is 1.59. The number of benzene rings is 1. The van der Waals surface area contributed by atoms with Gasteiger partial charge in [0.1, 0.15) is 5.75 Å². The molecule has 19 heavy (non-hydrogen) atoms. The summed E-state index contributed by atoms with van der Waals surface area (Å²) in [5.74, 6) is 0.848. The van der Waals surface area contributed by atoms with Crippen molar-refractivity contribution in [2.45, 2.75) is 33.6 Å². The molecule has 2 N–H and O–H groups in total. The first kappa shape index (κ1) is 17.1. The molecule has 0 spiro atoms. The van der Waals surface area contributed by atoms with Gasteiger partial charge in [0.15, 0.2) is 11.5 Å². The van der Waals surface area contributed by atoms with E-state index in [2.05, 4.69) is 0 Å². The van der Waals surface area contributed by atoms with Crippen LogP contribution in [0, 0.1) is 6.92 Å². The maximum absolute atomic E-state index is 9.93. The molecular weight excluding hydrogens is 248 g/mol. The van der Waals surface area contributed by atoms with Gasteiger partial charge >= 0.3 is 0 Å². The minimum atomic E-state index is -0.833. The molecule has 0 radical (unpaired) electrons. The van der Waals surface area contributed by atoms with E-state index in [4.69, 9.17) is 19.4 Å². The number of phenolic OH excluding ortho intramolecular Hbond substituents is 1. The van der Waals surface area contributed by atoms with Crippen LogP contribution in [0.5, 0.6) is 17.2 Å². The summed E-state index contributed by atoms with van der Waals surface area (Å²) < 4.78 is 10.4. The molecule has 0 aliphatic carbocycles. The molecule has 0 aliphatic heterocycles. The van der Waals surface area contributed by atoms with Crippen LogP contribution in [0.2, 0.25) is 0 Å². The van der Waals surface area contributed by atoms with Gasteiger partial charge in [0.2, 0.25) is 0 Å². The van der Waals surface area contributed by atoms with Gasteiger partial charge in [-0.25, -0.2) is 0 Å². The maximum Gasteiger partial charge on any atom is 0.300 e. The number of hydrogen-bond acceptors (Lipinski definition) is 4. The van der Waals surface area contributed by atoms with Crippen LogP contribution < -0.4 is 9.47 Å². The summed E-state index contributed by atoms with van der Waals surface area (Å²) in [6.07, 6.45) is 0. The number of carboxylic acids is 1. The number of ether oxygens (including phenoxy) is 2. The Hall–Kier alpha value is -1.91. The molecule has 1 aromatic rings. The summed E-state index contributed by atoms with van der Waals surface area (Å²) in [5, 5.41) is 17.4. The molecule has 0 atom stereocenters. The van der Waals surface area contributed by atoms with Crippen LogP contribution in [0.1, 0.15) is 37.8 Å². The number of rotatable bonds is 3. The maximum atomic E-state index is 9.93. The summed E-state index contributed by atoms with van der Waals surface area (Å²) in [7, 11) is 3.16. The molecule has 0 amide bonds. The zero-order valence-electron chi connectivity index (χ0n) is 12.3. The predicted octanol–water partition coefficient (Wildman–Crippen LogP) is 2.93. The monoisotopic (exact) mass is 270 g/mol. The average Bonchev–Trinajstić information content (AvgIpc) is 2.31. The van der Waals surface area contributed by atoms with Gasteiger partial charge in [-0.3, -0.25) is 4.79 Å². The van der Waals surface area contributed by atoms with Crippen LogP contribution in [0.15, 0.2) is 6.07 Å². The van der Waals surface area contributed by atoms with E-state index >= 15 is 0 Å². The first-order valence-corrected chi connectivity index (χ1v) is 5.90. The minimum Gasteiger partial charge on any atom is -0.504 e. The van der Waals surface area contributed by atoms with Gasteiger partial charge in [-0.1, -0.05) is 13.8 Å². The van der Waals surface area contributed by atoms with Crippen LogP contribution in [0.3, 0.4) is 0 Å². The number of aromatic hydroxyl groups is 1. The minimum absolute atomic E-state index is 0.167. The molecule has 0 saturated carbocycles. The number of carbonyl (C=O) groups is 1. The molecule has 108 valence electrons. The van der Waals surface area contributed by atoms with Crippen LogP contribution >= 0.6 is 0 Å². The van der Waals surface area contributed by atoms with E-state index < -0.39 is 5.97 Å². The van der Waals surface area contributed by atoms with Crippen LogP contribution in [-0.4, -0.2) is 30.4 Å². The van der Waals surface area contributed by atoms with E-state index in [1.165, 1.54) is 0 Å². The second kappa shape index (κ2) is 7.51. The van der Waals surface area contributed by atoms with Crippen LogP contribution in [-0.2, 0) is 4.79 Å². The lowest BCUT2D eigenvalue weighted by Gasteiger charge is -2.17. The summed E-state index contributed by atoms with van der Waals surface area (Å²) >= 11 is 0. The van der Waals surface area contributed by atoms with E-state index in [-0.39, 0.29) is 11.7 Å². The number of carboxylic acid groups (broad SMARTS) is 1.